The van der Waals surface area contributed by atoms with Gasteiger partial charge in [0.2, 0.25) is 12.8 Å². The van der Waals surface area contributed by atoms with E-state index in [1.807, 2.05) is 159 Å². The number of aromatic amines is 1. The molecule has 15 rings (SSSR count). The van der Waals surface area contributed by atoms with Gasteiger partial charge in [-0.1, -0.05) is 73.9 Å². The molecule has 0 saturated heterocycles. The Balaban J connectivity index is 0.000000143. The molecule has 12 aromatic rings. The number of hydrogen-bond donors (Lipinski definition) is 4. The summed E-state index contributed by atoms with van der Waals surface area (Å²) < 4.78 is 46.7. The van der Waals surface area contributed by atoms with Gasteiger partial charge in [-0.2, -0.15) is 15.3 Å². The average molecular weight is 1450 g/mol. The van der Waals surface area contributed by atoms with Crippen LogP contribution in [0.1, 0.15) is 161 Å². The van der Waals surface area contributed by atoms with E-state index in [-0.39, 0.29) is 52.6 Å². The molecule has 3 aliphatic carbocycles. The number of nitrogens with one attached hydrogen (secondary N) is 3. The fourth-order valence-corrected chi connectivity index (χ4v) is 17.1. The van der Waals surface area contributed by atoms with Crippen LogP contribution in [0.25, 0.3) is 66.5 Å². The van der Waals surface area contributed by atoms with Gasteiger partial charge in [0.15, 0.2) is 17.3 Å². The number of amides is 2. The maximum atomic E-state index is 14.4. The Kier molecular flexibility index (Phi) is 22.9. The van der Waals surface area contributed by atoms with Gasteiger partial charge in [0.1, 0.15) is 34.5 Å². The Morgan fingerprint density at radius 1 is 0.481 bits per heavy atom. The van der Waals surface area contributed by atoms with Crippen molar-refractivity contribution in [2.24, 2.45) is 37.6 Å². The molecule has 3 aliphatic rings. The molecule has 20 heteroatoms. The lowest BCUT2D eigenvalue weighted by Crippen LogP contribution is -2.50. The van der Waals surface area contributed by atoms with Crippen LogP contribution in [0.4, 0.5) is 13.2 Å². The first-order chi connectivity index (χ1) is 52.1. The lowest BCUT2D eigenvalue weighted by molar-refractivity contribution is -0.112. The summed E-state index contributed by atoms with van der Waals surface area (Å²) in [4.78, 5) is 76.0. The summed E-state index contributed by atoms with van der Waals surface area (Å²) in [6, 6.07) is 49.2. The molecule has 0 radical (unpaired) electrons. The Morgan fingerprint density at radius 2 is 0.861 bits per heavy atom. The van der Waals surface area contributed by atoms with Crippen molar-refractivity contribution in [1.82, 2.24) is 55.3 Å². The van der Waals surface area contributed by atoms with Crippen molar-refractivity contribution in [2.75, 3.05) is 0 Å². The summed E-state index contributed by atoms with van der Waals surface area (Å²) in [7, 11) is 3.82. The van der Waals surface area contributed by atoms with Gasteiger partial charge >= 0.3 is 0 Å². The number of benzene rings is 6. The minimum Gasteiger partial charge on any atom is -0.353 e. The number of nitrogens with zero attached hydrogens (tertiary/aromatic N) is 8. The van der Waals surface area contributed by atoms with E-state index in [1.165, 1.54) is 18.2 Å². The van der Waals surface area contributed by atoms with Gasteiger partial charge in [-0.15, -0.1) is 0 Å². The maximum Gasteiger partial charge on any atom is 0.207 e. The number of carbonyl (C=O) groups is 5. The second kappa shape index (κ2) is 32.9. The van der Waals surface area contributed by atoms with Crippen LogP contribution >= 0.6 is 0 Å². The summed E-state index contributed by atoms with van der Waals surface area (Å²) in [5.74, 6) is -0.0873. The van der Waals surface area contributed by atoms with Gasteiger partial charge in [0.05, 0.1) is 16.6 Å². The second-order valence-corrected chi connectivity index (χ2v) is 30.3. The number of hydrogen-bond acceptors (Lipinski definition) is 12. The van der Waals surface area contributed by atoms with Gasteiger partial charge in [-0.3, -0.25) is 53.4 Å². The Labute approximate surface area is 626 Å². The molecule has 108 heavy (non-hydrogen) atoms. The summed E-state index contributed by atoms with van der Waals surface area (Å²) in [5, 5.41) is 25.7. The SMILES string of the molecule is Cc1cc(-c2n[nH]c3ccc(C(=O)C[C@@H]4CCC[C@](Cc5ccccc5F)(NC=O)C4)cc23)ccn1.Cc1cc(-c2nn(C)c3ccc(C(=O)C[C@@H]4CCC[C@@](N)(Cc5ccccc5F)C4)cc23)ccn1.Cc1cc(-c2nn(C)c3ccc(C(=O)C[C@@H]4CCC[C@](Cc5ccccc5F)(NC=O)C4)cc23)ccn1. The molecule has 0 spiro atoms. The van der Waals surface area contributed by atoms with Crippen LogP contribution in [0.5, 0.6) is 0 Å². The Hall–Kier alpha value is -11.1. The molecule has 6 heterocycles. The fraction of sp³-hybridized carbons (Fsp3) is 0.330. The first kappa shape index (κ1) is 75.1. The molecule has 6 aromatic carbocycles. The number of nitrogens with two attached hydrogens (primary N) is 1. The summed E-state index contributed by atoms with van der Waals surface area (Å²) >= 11 is 0. The zero-order valence-electron chi connectivity index (χ0n) is 61.8. The number of rotatable bonds is 22. The molecule has 554 valence electrons. The zero-order valence-corrected chi connectivity index (χ0v) is 61.8. The molecule has 5 N–H and O–H groups in total. The number of aromatic nitrogens is 9. The highest BCUT2D eigenvalue weighted by molar-refractivity contribution is 6.05. The van der Waals surface area contributed by atoms with E-state index in [0.29, 0.717) is 97.6 Å². The number of H-pyrrole nitrogens is 1. The third-order valence-corrected chi connectivity index (χ3v) is 22.2. The van der Waals surface area contributed by atoms with E-state index in [1.54, 1.807) is 48.9 Å². The minimum atomic E-state index is -0.549. The molecule has 0 bridgehead atoms. The summed E-state index contributed by atoms with van der Waals surface area (Å²) in [6.45, 7) is 5.83. The van der Waals surface area contributed by atoms with E-state index in [0.717, 1.165) is 148 Å². The highest BCUT2D eigenvalue weighted by Gasteiger charge is 2.40. The standard InChI is InChI=1S/C30H31FN4O2.C29H29FN4O2.C29H31FN4O/c1-20-14-23(11-13-32-20)29-25-16-22(9-10-27(25)35(2)34-29)28(37)15-21-6-5-12-30(17-21,33-19-36)18-24-7-3-4-8-26(24)31;1-19-13-22(10-12-31-19)28-24-15-21(8-9-26(24)33-34-28)27(36)14-20-5-4-11-29(16-20,32-18-35)17-23-6-2-3-7-25(23)30;1-19-14-22(11-13-32-19)28-24-16-21(9-10-26(24)34(2)33-28)27(35)15-20-6-5-12-29(31,17-20)18-23-7-3-4-8-25(23)30/h3-4,7-11,13-14,16,19,21H,5-6,12,15,17-18H2,1-2H3,(H,33,36);2-3,6-10,12-13,15,18,20H,4-5,11,14,16-17H2,1H3,(H,32,35)(H,33,34);3-4,7-11,13-14,16,20H,5-6,12,15,17-18,31H2,1-2H3/t21-,30-;2*20-,29-/m000/s1. The van der Waals surface area contributed by atoms with Crippen molar-refractivity contribution in [3.05, 3.63) is 250 Å². The maximum absolute atomic E-state index is 14.4. The van der Waals surface area contributed by atoms with E-state index in [4.69, 9.17) is 15.9 Å². The molecule has 0 unspecified atom stereocenters. The lowest BCUT2D eigenvalue weighted by atomic mass is 9.71. The first-order valence-corrected chi connectivity index (χ1v) is 37.4. The first-order valence-electron chi connectivity index (χ1n) is 37.4. The van der Waals surface area contributed by atoms with Crippen LogP contribution in [0, 0.1) is 56.0 Å². The third-order valence-electron chi connectivity index (χ3n) is 22.2. The van der Waals surface area contributed by atoms with Crippen LogP contribution < -0.4 is 16.4 Å². The van der Waals surface area contributed by atoms with Crippen LogP contribution in [0.15, 0.2) is 182 Å². The Morgan fingerprint density at radius 3 is 1.28 bits per heavy atom. The lowest BCUT2D eigenvalue weighted by Gasteiger charge is -2.41. The highest BCUT2D eigenvalue weighted by Crippen LogP contribution is 2.42. The van der Waals surface area contributed by atoms with Crippen LogP contribution in [0.3, 0.4) is 0 Å². The molecule has 3 fully saturated rings. The molecule has 17 nitrogen and oxygen atoms in total. The van der Waals surface area contributed by atoms with E-state index < -0.39 is 16.6 Å². The highest BCUT2D eigenvalue weighted by atomic mass is 19.1. The zero-order chi connectivity index (χ0) is 75.7. The normalized spacial score (nSPS) is 19.9. The van der Waals surface area contributed by atoms with Crippen molar-refractivity contribution >= 4 is 62.9 Å². The van der Waals surface area contributed by atoms with Gasteiger partial charge in [0, 0.05) is 135 Å². The summed E-state index contributed by atoms with van der Waals surface area (Å²) in [6.07, 6.45) is 19.1. The molecule has 2 amide bonds. The van der Waals surface area contributed by atoms with E-state index >= 15 is 0 Å². The molecule has 0 aliphatic heterocycles. The van der Waals surface area contributed by atoms with Gasteiger partial charge < -0.3 is 16.4 Å². The van der Waals surface area contributed by atoms with Gasteiger partial charge in [-0.25, -0.2) is 13.2 Å². The minimum absolute atomic E-state index is 0.0627. The molecule has 3 saturated carbocycles. The number of pyridine rings is 3. The number of Topliss-reactive ketones (excluding diaryl/α,β-unsaturated/α-hetero) is 3. The topological polar surface area (TPSA) is 238 Å². The Bertz CT molecular complexity index is 5300. The van der Waals surface area contributed by atoms with E-state index in [2.05, 4.69) is 35.8 Å². The quantitative estimate of drug-likeness (QED) is 0.0366. The second-order valence-electron chi connectivity index (χ2n) is 30.3. The number of fused-ring (bicyclic) bond motifs is 3. The van der Waals surface area contributed by atoms with Crippen molar-refractivity contribution in [3.63, 3.8) is 0 Å². The molecular formula is C88H91F3N12O5. The van der Waals surface area contributed by atoms with Crippen molar-refractivity contribution in [2.45, 2.75) is 153 Å². The van der Waals surface area contributed by atoms with Crippen molar-refractivity contribution in [3.8, 4) is 33.8 Å². The molecule has 6 atom stereocenters. The monoisotopic (exact) mass is 1450 g/mol. The predicted octanol–water partition coefficient (Wildman–Crippen LogP) is 16.9. The van der Waals surface area contributed by atoms with E-state index in [9.17, 15) is 37.1 Å². The number of ketones is 3. The predicted molar refractivity (Wildman–Crippen MR) is 415 cm³/mol. The van der Waals surface area contributed by atoms with Crippen LogP contribution in [0.2, 0.25) is 0 Å². The fourth-order valence-electron chi connectivity index (χ4n) is 17.1. The van der Waals surface area contributed by atoms with Crippen molar-refractivity contribution in [1.29, 1.82) is 0 Å². The van der Waals surface area contributed by atoms with Crippen LogP contribution in [-0.4, -0.2) is 91.5 Å². The summed E-state index contributed by atoms with van der Waals surface area (Å²) in [5.41, 5.74) is 19.9. The number of aryl methyl sites for hydroxylation is 5. The average Bonchev–Trinajstić information content (AvgIpc) is 1.45. The van der Waals surface area contributed by atoms with Gasteiger partial charge in [-0.05, 0) is 241 Å². The smallest absolute Gasteiger partial charge is 0.207 e. The number of halogens is 3. The third kappa shape index (κ3) is 17.5. The molecule has 6 aromatic heterocycles. The molecular weight excluding hydrogens is 1360 g/mol. The van der Waals surface area contributed by atoms with Crippen molar-refractivity contribution < 1.29 is 37.1 Å². The number of carbonyl (C=O) groups excluding carboxylic acids is 5. The van der Waals surface area contributed by atoms with Gasteiger partial charge in [0.25, 0.3) is 0 Å². The largest absolute Gasteiger partial charge is 0.353 e. The van der Waals surface area contributed by atoms with Crippen LogP contribution in [-0.2, 0) is 42.9 Å².